The summed E-state index contributed by atoms with van der Waals surface area (Å²) in [6.45, 7) is 1.50. The van der Waals surface area contributed by atoms with Gasteiger partial charge in [0.15, 0.2) is 0 Å². The van der Waals surface area contributed by atoms with Gasteiger partial charge in [-0.3, -0.25) is 9.69 Å². The minimum absolute atomic E-state index is 0.0254. The molecule has 0 spiro atoms. The monoisotopic (exact) mass is 303 g/mol. The van der Waals surface area contributed by atoms with E-state index in [2.05, 4.69) is 17.4 Å². The Morgan fingerprint density at radius 1 is 1.36 bits per heavy atom. The topological polar surface area (TPSA) is 61.9 Å². The van der Waals surface area contributed by atoms with Crippen LogP contribution in [0, 0.1) is 0 Å². The van der Waals surface area contributed by atoms with Crippen molar-refractivity contribution in [1.29, 1.82) is 0 Å². The molecule has 22 heavy (non-hydrogen) atoms. The van der Waals surface area contributed by atoms with Crippen LogP contribution in [-0.2, 0) is 9.53 Å². The van der Waals surface area contributed by atoms with E-state index in [4.69, 9.17) is 4.74 Å². The molecule has 0 radical (unpaired) electrons. The summed E-state index contributed by atoms with van der Waals surface area (Å²) in [6.07, 6.45) is 0.963. The highest BCUT2D eigenvalue weighted by atomic mass is 16.5. The molecule has 6 heteroatoms. The van der Waals surface area contributed by atoms with E-state index < -0.39 is 0 Å². The Hall–Kier alpha value is -2.08. The van der Waals surface area contributed by atoms with Gasteiger partial charge in [0.05, 0.1) is 13.3 Å². The van der Waals surface area contributed by atoms with Gasteiger partial charge in [0.1, 0.15) is 6.54 Å². The lowest BCUT2D eigenvalue weighted by atomic mass is 10.1. The first-order chi connectivity index (χ1) is 10.7. The van der Waals surface area contributed by atoms with Crippen molar-refractivity contribution >= 4 is 11.9 Å². The number of carbonyl (C=O) groups is 2. The van der Waals surface area contributed by atoms with Crippen molar-refractivity contribution in [3.05, 3.63) is 35.9 Å². The van der Waals surface area contributed by atoms with Gasteiger partial charge in [-0.05, 0) is 12.0 Å². The number of nitrogens with zero attached hydrogens (tertiary/aromatic N) is 2. The third-order valence-electron chi connectivity index (χ3n) is 4.20. The molecule has 0 bridgehead atoms. The fourth-order valence-electron chi connectivity index (χ4n) is 2.80. The van der Waals surface area contributed by atoms with Gasteiger partial charge in [0, 0.05) is 25.6 Å². The fourth-order valence-corrected chi connectivity index (χ4v) is 2.80. The molecule has 3 amide bonds. The van der Waals surface area contributed by atoms with Gasteiger partial charge in [-0.15, -0.1) is 0 Å². The molecule has 6 nitrogen and oxygen atoms in total. The molecular weight excluding hydrogens is 282 g/mol. The number of urea groups is 1. The second kappa shape index (κ2) is 6.36. The van der Waals surface area contributed by atoms with Gasteiger partial charge in [0.2, 0.25) is 5.91 Å². The normalized spacial score (nSPS) is 23.8. The van der Waals surface area contributed by atoms with Crippen LogP contribution in [0.4, 0.5) is 4.79 Å². The third kappa shape index (κ3) is 3.22. The van der Waals surface area contributed by atoms with Crippen molar-refractivity contribution in [2.45, 2.75) is 18.4 Å². The lowest BCUT2D eigenvalue weighted by molar-refractivity contribution is -0.127. The minimum atomic E-state index is -0.156. The number of hydrogen-bond acceptors (Lipinski definition) is 3. The van der Waals surface area contributed by atoms with Crippen LogP contribution >= 0.6 is 0 Å². The highest BCUT2D eigenvalue weighted by Gasteiger charge is 2.41. The average Bonchev–Trinajstić information content (AvgIpc) is 3.20. The van der Waals surface area contributed by atoms with Gasteiger partial charge in [-0.2, -0.15) is 0 Å². The zero-order chi connectivity index (χ0) is 15.5. The first-order valence-corrected chi connectivity index (χ1v) is 7.56. The second-order valence-electron chi connectivity index (χ2n) is 5.80. The van der Waals surface area contributed by atoms with E-state index in [-0.39, 0.29) is 24.5 Å². The molecule has 2 aliphatic rings. The number of benzene rings is 1. The van der Waals surface area contributed by atoms with E-state index in [0.29, 0.717) is 25.7 Å². The van der Waals surface area contributed by atoms with Crippen LogP contribution in [0.5, 0.6) is 0 Å². The average molecular weight is 303 g/mol. The molecule has 1 heterocycles. The number of amides is 3. The van der Waals surface area contributed by atoms with Crippen LogP contribution in [0.15, 0.2) is 30.3 Å². The summed E-state index contributed by atoms with van der Waals surface area (Å²) >= 11 is 0. The van der Waals surface area contributed by atoms with Crippen molar-refractivity contribution in [3.63, 3.8) is 0 Å². The molecule has 0 aromatic heterocycles. The Bertz CT molecular complexity index is 549. The van der Waals surface area contributed by atoms with Crippen molar-refractivity contribution < 1.29 is 14.3 Å². The van der Waals surface area contributed by atoms with E-state index in [1.165, 1.54) is 5.56 Å². The van der Waals surface area contributed by atoms with Crippen LogP contribution in [0.2, 0.25) is 0 Å². The molecule has 3 rings (SSSR count). The number of hydrogen-bond donors (Lipinski definition) is 1. The maximum atomic E-state index is 12.2. The van der Waals surface area contributed by atoms with E-state index in [0.717, 1.165) is 6.42 Å². The second-order valence-corrected chi connectivity index (χ2v) is 5.80. The quantitative estimate of drug-likeness (QED) is 0.883. The highest BCUT2D eigenvalue weighted by molar-refractivity contribution is 5.87. The standard InChI is InChI=1S/C16H21N3O3/c1-22-8-7-18-11-19(10-15(18)20)16(21)17-14-9-13(14)12-5-3-2-4-6-12/h2-6,13-14H,7-11H2,1H3,(H,17,21)/t13-,14+/m0/s1. The first-order valence-electron chi connectivity index (χ1n) is 7.56. The van der Waals surface area contributed by atoms with Crippen molar-refractivity contribution in [2.75, 3.05) is 33.5 Å². The first kappa shape index (κ1) is 14.8. The van der Waals surface area contributed by atoms with Gasteiger partial charge in [-0.25, -0.2) is 4.79 Å². The molecule has 0 unspecified atom stereocenters. The Balaban J connectivity index is 1.49. The lowest BCUT2D eigenvalue weighted by Crippen LogP contribution is -2.41. The highest BCUT2D eigenvalue weighted by Crippen LogP contribution is 2.40. The summed E-state index contributed by atoms with van der Waals surface area (Å²) in [4.78, 5) is 27.3. The molecular formula is C16H21N3O3. The molecule has 1 aliphatic carbocycles. The van der Waals surface area contributed by atoms with E-state index in [9.17, 15) is 9.59 Å². The summed E-state index contributed by atoms with van der Waals surface area (Å²) in [6, 6.07) is 10.2. The number of ether oxygens (including phenoxy) is 1. The zero-order valence-electron chi connectivity index (χ0n) is 12.7. The molecule has 1 aromatic carbocycles. The third-order valence-corrected chi connectivity index (χ3v) is 4.20. The summed E-state index contributed by atoms with van der Waals surface area (Å²) < 4.78 is 4.97. The largest absolute Gasteiger partial charge is 0.383 e. The van der Waals surface area contributed by atoms with Crippen molar-refractivity contribution in [3.8, 4) is 0 Å². The van der Waals surface area contributed by atoms with Gasteiger partial charge >= 0.3 is 6.03 Å². The Morgan fingerprint density at radius 2 is 2.14 bits per heavy atom. The maximum absolute atomic E-state index is 12.2. The van der Waals surface area contributed by atoms with Crippen LogP contribution < -0.4 is 5.32 Å². The Labute approximate surface area is 130 Å². The SMILES string of the molecule is COCCN1CN(C(=O)N[C@@H]2C[C@H]2c2ccccc2)CC1=O. The number of carbonyl (C=O) groups excluding carboxylic acids is 2. The smallest absolute Gasteiger partial charge is 0.319 e. The van der Waals surface area contributed by atoms with E-state index in [1.807, 2.05) is 18.2 Å². The number of methoxy groups -OCH3 is 1. The summed E-state index contributed by atoms with van der Waals surface area (Å²) in [5, 5.41) is 3.02. The molecule has 1 saturated heterocycles. The number of rotatable bonds is 5. The molecule has 1 aromatic rings. The Kier molecular flexibility index (Phi) is 4.29. The zero-order valence-corrected chi connectivity index (χ0v) is 12.7. The van der Waals surface area contributed by atoms with Crippen LogP contribution in [-0.4, -0.2) is 61.3 Å². The summed E-state index contributed by atoms with van der Waals surface area (Å²) in [5.74, 6) is 0.371. The maximum Gasteiger partial charge on any atom is 0.319 e. The van der Waals surface area contributed by atoms with Crippen molar-refractivity contribution in [2.24, 2.45) is 0 Å². The molecule has 1 N–H and O–H groups in total. The predicted octanol–water partition coefficient (Wildman–Crippen LogP) is 1.00. The van der Waals surface area contributed by atoms with Gasteiger partial charge in [0.25, 0.3) is 0 Å². The lowest BCUT2D eigenvalue weighted by Gasteiger charge is -2.18. The van der Waals surface area contributed by atoms with Gasteiger partial charge in [-0.1, -0.05) is 30.3 Å². The Morgan fingerprint density at radius 3 is 2.86 bits per heavy atom. The summed E-state index contributed by atoms with van der Waals surface area (Å²) in [5.41, 5.74) is 1.26. The van der Waals surface area contributed by atoms with Crippen LogP contribution in [0.3, 0.4) is 0 Å². The molecule has 2 atom stereocenters. The van der Waals surface area contributed by atoms with E-state index >= 15 is 0 Å². The van der Waals surface area contributed by atoms with Gasteiger partial charge < -0.3 is 15.0 Å². The van der Waals surface area contributed by atoms with E-state index in [1.54, 1.807) is 16.9 Å². The number of nitrogens with one attached hydrogen (secondary N) is 1. The van der Waals surface area contributed by atoms with Crippen molar-refractivity contribution in [1.82, 2.24) is 15.1 Å². The van der Waals surface area contributed by atoms with Crippen LogP contribution in [0.1, 0.15) is 17.9 Å². The molecule has 118 valence electrons. The molecule has 1 saturated carbocycles. The fraction of sp³-hybridized carbons (Fsp3) is 0.500. The minimum Gasteiger partial charge on any atom is -0.383 e. The predicted molar refractivity (Wildman–Crippen MR) is 81.3 cm³/mol. The van der Waals surface area contributed by atoms with Crippen LogP contribution in [0.25, 0.3) is 0 Å². The summed E-state index contributed by atoms with van der Waals surface area (Å²) in [7, 11) is 1.60. The molecule has 1 aliphatic heterocycles. The molecule has 2 fully saturated rings.